The molecule has 1 amide bonds. The highest BCUT2D eigenvalue weighted by molar-refractivity contribution is 5.97. The van der Waals surface area contributed by atoms with Crippen LogP contribution in [-0.2, 0) is 19.5 Å². The van der Waals surface area contributed by atoms with Gasteiger partial charge in [0.05, 0.1) is 19.2 Å². The molecule has 1 aliphatic rings. The lowest BCUT2D eigenvalue weighted by Crippen LogP contribution is -2.37. The van der Waals surface area contributed by atoms with Crippen LogP contribution in [0, 0.1) is 5.82 Å². The number of halogens is 1. The van der Waals surface area contributed by atoms with Crippen LogP contribution in [0.5, 0.6) is 5.75 Å². The second-order valence-corrected chi connectivity index (χ2v) is 7.10. The Morgan fingerprint density at radius 1 is 1.10 bits per heavy atom. The molecular weight excluding hydrogens is 371 g/mol. The van der Waals surface area contributed by atoms with E-state index in [9.17, 15) is 14.0 Å². The van der Waals surface area contributed by atoms with Crippen molar-refractivity contribution in [2.45, 2.75) is 19.5 Å². The van der Waals surface area contributed by atoms with Gasteiger partial charge in [0, 0.05) is 31.4 Å². The molecule has 3 aromatic rings. The maximum atomic E-state index is 13.5. The summed E-state index contributed by atoms with van der Waals surface area (Å²) in [6.07, 6.45) is 2.44. The molecular formula is C23H21FN2O3. The number of carbonyl (C=O) groups excluding carboxylic acids is 1. The number of ether oxygens (including phenoxy) is 1. The summed E-state index contributed by atoms with van der Waals surface area (Å²) in [4.78, 5) is 27.2. The monoisotopic (exact) mass is 392 g/mol. The maximum absolute atomic E-state index is 13.5. The maximum Gasteiger partial charge on any atom is 0.257 e. The third kappa shape index (κ3) is 3.92. The minimum Gasteiger partial charge on any atom is -0.496 e. The number of hydrogen-bond acceptors (Lipinski definition) is 3. The number of carbonyl (C=O) groups is 1. The van der Waals surface area contributed by atoms with Crippen molar-refractivity contribution in [1.29, 1.82) is 0 Å². The lowest BCUT2D eigenvalue weighted by atomic mass is 10.0. The standard InChI is InChI=1S/C23H21FN2O3/c1-29-21-12-19(24)7-8-20(21)23(28)25-10-9-17-11-22(27)26(15-18(17)14-25)13-16-5-3-2-4-6-16/h2-8,11-12,15H,9-10,13-14H2,1H3. The first-order valence-electron chi connectivity index (χ1n) is 9.44. The summed E-state index contributed by atoms with van der Waals surface area (Å²) in [7, 11) is 1.42. The number of aromatic nitrogens is 1. The second kappa shape index (κ2) is 7.91. The largest absolute Gasteiger partial charge is 0.496 e. The Balaban J connectivity index is 1.60. The van der Waals surface area contributed by atoms with Crippen molar-refractivity contribution in [2.75, 3.05) is 13.7 Å². The number of rotatable bonds is 4. The van der Waals surface area contributed by atoms with Crippen LogP contribution in [0.2, 0.25) is 0 Å². The fourth-order valence-corrected chi connectivity index (χ4v) is 3.66. The predicted molar refractivity (Wildman–Crippen MR) is 108 cm³/mol. The summed E-state index contributed by atoms with van der Waals surface area (Å²) in [6.45, 7) is 1.37. The van der Waals surface area contributed by atoms with Crippen molar-refractivity contribution in [1.82, 2.24) is 9.47 Å². The van der Waals surface area contributed by atoms with E-state index in [0.29, 0.717) is 31.6 Å². The summed E-state index contributed by atoms with van der Waals surface area (Å²) < 4.78 is 20.3. The average Bonchev–Trinajstić information content (AvgIpc) is 2.74. The molecule has 0 bridgehead atoms. The molecule has 0 radical (unpaired) electrons. The minimum atomic E-state index is -0.452. The molecule has 2 aromatic carbocycles. The molecule has 0 N–H and O–H groups in total. The Morgan fingerprint density at radius 2 is 1.90 bits per heavy atom. The fraction of sp³-hybridized carbons (Fsp3) is 0.217. The Hall–Kier alpha value is -3.41. The van der Waals surface area contributed by atoms with E-state index in [1.165, 1.54) is 25.3 Å². The van der Waals surface area contributed by atoms with Crippen LogP contribution in [-0.4, -0.2) is 29.0 Å². The molecule has 1 aliphatic heterocycles. The van der Waals surface area contributed by atoms with Gasteiger partial charge in [-0.15, -0.1) is 0 Å². The molecule has 1 aromatic heterocycles. The molecule has 0 unspecified atom stereocenters. The molecule has 2 heterocycles. The fourth-order valence-electron chi connectivity index (χ4n) is 3.66. The van der Waals surface area contributed by atoms with E-state index in [0.717, 1.165) is 16.7 Å². The van der Waals surface area contributed by atoms with Crippen molar-refractivity contribution in [3.05, 3.63) is 99.2 Å². The highest BCUT2D eigenvalue weighted by Gasteiger charge is 2.25. The Kier molecular flexibility index (Phi) is 5.16. The van der Waals surface area contributed by atoms with Gasteiger partial charge in [-0.3, -0.25) is 9.59 Å². The third-order valence-electron chi connectivity index (χ3n) is 5.19. The van der Waals surface area contributed by atoms with Gasteiger partial charge in [-0.1, -0.05) is 30.3 Å². The van der Waals surface area contributed by atoms with Gasteiger partial charge in [-0.2, -0.15) is 0 Å². The smallest absolute Gasteiger partial charge is 0.257 e. The summed E-state index contributed by atoms with van der Waals surface area (Å²) >= 11 is 0. The lowest BCUT2D eigenvalue weighted by molar-refractivity contribution is 0.0730. The van der Waals surface area contributed by atoms with Gasteiger partial charge < -0.3 is 14.2 Å². The van der Waals surface area contributed by atoms with Gasteiger partial charge >= 0.3 is 0 Å². The third-order valence-corrected chi connectivity index (χ3v) is 5.19. The number of benzene rings is 2. The molecule has 5 nitrogen and oxygen atoms in total. The summed E-state index contributed by atoms with van der Waals surface area (Å²) in [5, 5.41) is 0. The van der Waals surface area contributed by atoms with E-state index in [1.54, 1.807) is 15.5 Å². The molecule has 0 saturated carbocycles. The Bertz CT molecular complexity index is 1110. The molecule has 0 aliphatic carbocycles. The van der Waals surface area contributed by atoms with E-state index in [-0.39, 0.29) is 17.2 Å². The topological polar surface area (TPSA) is 51.5 Å². The number of methoxy groups -OCH3 is 1. The van der Waals surface area contributed by atoms with Gasteiger partial charge in [0.1, 0.15) is 11.6 Å². The Morgan fingerprint density at radius 3 is 2.66 bits per heavy atom. The lowest BCUT2D eigenvalue weighted by Gasteiger charge is -2.29. The van der Waals surface area contributed by atoms with Gasteiger partial charge in [0.2, 0.25) is 0 Å². The first-order chi connectivity index (χ1) is 14.0. The number of pyridine rings is 1. The second-order valence-electron chi connectivity index (χ2n) is 7.10. The van der Waals surface area contributed by atoms with Gasteiger partial charge in [0.25, 0.3) is 11.5 Å². The quantitative estimate of drug-likeness (QED) is 0.685. The van der Waals surface area contributed by atoms with E-state index >= 15 is 0 Å². The molecule has 0 fully saturated rings. The van der Waals surface area contributed by atoms with Crippen molar-refractivity contribution in [3.63, 3.8) is 0 Å². The normalized spacial score (nSPS) is 13.1. The molecule has 0 spiro atoms. The molecule has 6 heteroatoms. The average molecular weight is 392 g/mol. The van der Waals surface area contributed by atoms with Gasteiger partial charge in [-0.05, 0) is 35.2 Å². The first kappa shape index (κ1) is 18.9. The van der Waals surface area contributed by atoms with E-state index in [2.05, 4.69) is 0 Å². The highest BCUT2D eigenvalue weighted by atomic mass is 19.1. The zero-order valence-corrected chi connectivity index (χ0v) is 16.1. The SMILES string of the molecule is COc1cc(F)ccc1C(=O)N1CCc2cc(=O)n(Cc3ccccc3)cc2C1. The Labute approximate surface area is 168 Å². The molecule has 4 rings (SSSR count). The van der Waals surface area contributed by atoms with Crippen LogP contribution in [0.1, 0.15) is 27.0 Å². The van der Waals surface area contributed by atoms with Gasteiger partial charge in [-0.25, -0.2) is 4.39 Å². The van der Waals surface area contributed by atoms with Crippen LogP contribution in [0.25, 0.3) is 0 Å². The van der Waals surface area contributed by atoms with Crippen molar-refractivity contribution in [3.8, 4) is 5.75 Å². The zero-order valence-electron chi connectivity index (χ0n) is 16.1. The van der Waals surface area contributed by atoms with Crippen molar-refractivity contribution in [2.24, 2.45) is 0 Å². The van der Waals surface area contributed by atoms with Crippen molar-refractivity contribution < 1.29 is 13.9 Å². The zero-order chi connectivity index (χ0) is 20.4. The molecule has 148 valence electrons. The summed E-state index contributed by atoms with van der Waals surface area (Å²) in [5.41, 5.74) is 3.23. The summed E-state index contributed by atoms with van der Waals surface area (Å²) in [6, 6.07) is 15.3. The highest BCUT2D eigenvalue weighted by Crippen LogP contribution is 2.25. The van der Waals surface area contributed by atoms with Crippen molar-refractivity contribution >= 4 is 5.91 Å². The van der Waals surface area contributed by atoms with Crippen LogP contribution in [0.3, 0.4) is 0 Å². The number of fused-ring (bicyclic) bond motifs is 1. The van der Waals surface area contributed by atoms with Crippen LogP contribution < -0.4 is 10.3 Å². The first-order valence-corrected chi connectivity index (χ1v) is 9.44. The van der Waals surface area contributed by atoms with E-state index in [4.69, 9.17) is 4.74 Å². The van der Waals surface area contributed by atoms with E-state index < -0.39 is 5.82 Å². The number of nitrogens with zero attached hydrogens (tertiary/aromatic N) is 2. The number of amides is 1. The molecule has 0 atom stereocenters. The number of hydrogen-bond donors (Lipinski definition) is 0. The van der Waals surface area contributed by atoms with E-state index in [1.807, 2.05) is 36.5 Å². The minimum absolute atomic E-state index is 0.0485. The summed E-state index contributed by atoms with van der Waals surface area (Å²) in [5.74, 6) is -0.449. The molecule has 29 heavy (non-hydrogen) atoms. The molecule has 0 saturated heterocycles. The van der Waals surface area contributed by atoms with Crippen LogP contribution >= 0.6 is 0 Å². The van der Waals surface area contributed by atoms with Crippen LogP contribution in [0.4, 0.5) is 4.39 Å². The van der Waals surface area contributed by atoms with Crippen LogP contribution in [0.15, 0.2) is 65.6 Å². The van der Waals surface area contributed by atoms with Gasteiger partial charge in [0.15, 0.2) is 0 Å². The predicted octanol–water partition coefficient (Wildman–Crippen LogP) is 3.24.